The highest BCUT2D eigenvalue weighted by molar-refractivity contribution is 5.48. The van der Waals surface area contributed by atoms with Crippen LogP contribution in [0.4, 0.5) is 5.82 Å². The molecule has 4 heterocycles. The number of anilines is 1. The second-order valence-corrected chi connectivity index (χ2v) is 4.68. The third kappa shape index (κ3) is 1.25. The SMILES string of the molecule is c1ncc2nnnn2c1N1CC[C@H]2CNC[C@H]21. The predicted octanol–water partition coefficient (Wildman–Crippen LogP) is -0.683. The molecule has 17 heavy (non-hydrogen) atoms. The molecule has 88 valence electrons. The molecule has 2 aromatic rings. The van der Waals surface area contributed by atoms with Crippen molar-refractivity contribution in [3.8, 4) is 0 Å². The van der Waals surface area contributed by atoms with Gasteiger partial charge in [0.05, 0.1) is 12.4 Å². The van der Waals surface area contributed by atoms with Crippen LogP contribution in [0.15, 0.2) is 12.4 Å². The Balaban J connectivity index is 1.81. The largest absolute Gasteiger partial charge is 0.351 e. The van der Waals surface area contributed by atoms with Crippen molar-refractivity contribution in [2.45, 2.75) is 12.5 Å². The van der Waals surface area contributed by atoms with Crippen LogP contribution in [0.3, 0.4) is 0 Å². The second kappa shape index (κ2) is 3.36. The number of nitrogens with one attached hydrogen (secondary N) is 1. The summed E-state index contributed by atoms with van der Waals surface area (Å²) in [6, 6.07) is 0.562. The van der Waals surface area contributed by atoms with Crippen LogP contribution < -0.4 is 10.2 Å². The lowest BCUT2D eigenvalue weighted by atomic mass is 10.1. The summed E-state index contributed by atoms with van der Waals surface area (Å²) in [5, 5.41) is 15.1. The molecule has 2 aliphatic rings. The fourth-order valence-corrected chi connectivity index (χ4v) is 2.99. The maximum absolute atomic E-state index is 4.22. The molecule has 1 N–H and O–H groups in total. The number of hydrogen-bond donors (Lipinski definition) is 1. The smallest absolute Gasteiger partial charge is 0.199 e. The lowest BCUT2D eigenvalue weighted by Gasteiger charge is -2.24. The van der Waals surface area contributed by atoms with Gasteiger partial charge >= 0.3 is 0 Å². The molecule has 0 radical (unpaired) electrons. The van der Waals surface area contributed by atoms with E-state index in [2.05, 4.69) is 30.7 Å². The molecule has 2 aliphatic heterocycles. The average molecular weight is 231 g/mol. The monoisotopic (exact) mass is 231 g/mol. The zero-order chi connectivity index (χ0) is 11.2. The highest BCUT2D eigenvalue weighted by atomic mass is 15.5. The van der Waals surface area contributed by atoms with Crippen molar-refractivity contribution in [1.82, 2.24) is 30.3 Å². The third-order valence-corrected chi connectivity index (χ3v) is 3.83. The van der Waals surface area contributed by atoms with Gasteiger partial charge in [0.25, 0.3) is 0 Å². The minimum atomic E-state index is 0.562. The highest BCUT2D eigenvalue weighted by Gasteiger charge is 2.38. The topological polar surface area (TPSA) is 71.2 Å². The Labute approximate surface area is 97.8 Å². The Hall–Kier alpha value is -1.76. The minimum Gasteiger partial charge on any atom is -0.351 e. The van der Waals surface area contributed by atoms with Gasteiger partial charge in [0, 0.05) is 25.7 Å². The Morgan fingerprint density at radius 3 is 3.29 bits per heavy atom. The van der Waals surface area contributed by atoms with Gasteiger partial charge in [-0.2, -0.15) is 4.52 Å². The fraction of sp³-hybridized carbons (Fsp3) is 0.600. The van der Waals surface area contributed by atoms with Gasteiger partial charge in [0.2, 0.25) is 0 Å². The van der Waals surface area contributed by atoms with Crippen molar-refractivity contribution >= 4 is 11.5 Å². The molecule has 4 rings (SSSR count). The number of fused-ring (bicyclic) bond motifs is 2. The summed E-state index contributed by atoms with van der Waals surface area (Å²) in [6.45, 7) is 3.24. The lowest BCUT2D eigenvalue weighted by Crippen LogP contribution is -2.35. The molecule has 0 saturated carbocycles. The van der Waals surface area contributed by atoms with Gasteiger partial charge < -0.3 is 10.2 Å². The molecule has 2 aromatic heterocycles. The molecule has 7 heteroatoms. The van der Waals surface area contributed by atoms with E-state index in [1.165, 1.54) is 6.42 Å². The van der Waals surface area contributed by atoms with Crippen LogP contribution >= 0.6 is 0 Å². The van der Waals surface area contributed by atoms with E-state index in [9.17, 15) is 0 Å². The molecule has 0 unspecified atom stereocenters. The molecule has 2 saturated heterocycles. The molecule has 7 nitrogen and oxygen atoms in total. The van der Waals surface area contributed by atoms with Gasteiger partial charge in [0.15, 0.2) is 11.5 Å². The molecule has 0 amide bonds. The Bertz CT molecular complexity index is 550. The van der Waals surface area contributed by atoms with Crippen molar-refractivity contribution in [3.05, 3.63) is 12.4 Å². The van der Waals surface area contributed by atoms with Crippen LogP contribution in [0, 0.1) is 5.92 Å². The van der Waals surface area contributed by atoms with E-state index in [0.29, 0.717) is 11.7 Å². The second-order valence-electron chi connectivity index (χ2n) is 4.68. The van der Waals surface area contributed by atoms with Crippen LogP contribution in [-0.2, 0) is 0 Å². The molecular formula is C10H13N7. The Kier molecular flexibility index (Phi) is 1.84. The Morgan fingerprint density at radius 2 is 2.29 bits per heavy atom. The summed E-state index contributed by atoms with van der Waals surface area (Å²) in [7, 11) is 0. The maximum atomic E-state index is 4.22. The summed E-state index contributed by atoms with van der Waals surface area (Å²) in [6.07, 6.45) is 4.77. The molecule has 0 spiro atoms. The van der Waals surface area contributed by atoms with Crippen molar-refractivity contribution in [3.63, 3.8) is 0 Å². The van der Waals surface area contributed by atoms with Crippen LogP contribution in [-0.4, -0.2) is 50.7 Å². The van der Waals surface area contributed by atoms with Gasteiger partial charge in [-0.15, -0.1) is 5.10 Å². The minimum absolute atomic E-state index is 0.562. The summed E-state index contributed by atoms with van der Waals surface area (Å²) in [5.74, 6) is 1.76. The molecule has 0 aromatic carbocycles. The summed E-state index contributed by atoms with van der Waals surface area (Å²) in [4.78, 5) is 6.59. The molecule has 0 bridgehead atoms. The van der Waals surface area contributed by atoms with Crippen molar-refractivity contribution in [2.24, 2.45) is 5.92 Å². The summed E-state index contributed by atoms with van der Waals surface area (Å²) >= 11 is 0. The third-order valence-electron chi connectivity index (χ3n) is 3.83. The first kappa shape index (κ1) is 9.29. The first-order valence-electron chi connectivity index (χ1n) is 5.93. The van der Waals surface area contributed by atoms with E-state index in [-0.39, 0.29) is 0 Å². The van der Waals surface area contributed by atoms with E-state index >= 15 is 0 Å². The van der Waals surface area contributed by atoms with Gasteiger partial charge in [0.1, 0.15) is 0 Å². The van der Waals surface area contributed by atoms with Gasteiger partial charge in [-0.1, -0.05) is 0 Å². The van der Waals surface area contributed by atoms with Crippen molar-refractivity contribution < 1.29 is 0 Å². The average Bonchev–Trinajstić information content (AvgIpc) is 3.04. The maximum Gasteiger partial charge on any atom is 0.199 e. The molecule has 2 atom stereocenters. The number of rotatable bonds is 1. The number of aromatic nitrogens is 5. The standard InChI is InChI=1S/C10H13N7/c1-2-16(8-4-11-3-7(1)8)10-6-12-5-9-13-14-15-17(9)10/h5-8,11H,1-4H2/t7-,8+/m0/s1. The van der Waals surface area contributed by atoms with Crippen molar-refractivity contribution in [2.75, 3.05) is 24.5 Å². The zero-order valence-corrected chi connectivity index (χ0v) is 9.32. The van der Waals surface area contributed by atoms with Gasteiger partial charge in [-0.3, -0.25) is 4.98 Å². The predicted molar refractivity (Wildman–Crippen MR) is 60.7 cm³/mol. The van der Waals surface area contributed by atoms with Gasteiger partial charge in [-0.25, -0.2) is 0 Å². The van der Waals surface area contributed by atoms with E-state index in [4.69, 9.17) is 0 Å². The van der Waals surface area contributed by atoms with E-state index in [0.717, 1.165) is 31.4 Å². The lowest BCUT2D eigenvalue weighted by molar-refractivity contribution is 0.575. The van der Waals surface area contributed by atoms with E-state index in [1.54, 1.807) is 10.7 Å². The van der Waals surface area contributed by atoms with E-state index < -0.39 is 0 Å². The number of hydrogen-bond acceptors (Lipinski definition) is 6. The van der Waals surface area contributed by atoms with Crippen LogP contribution in [0.5, 0.6) is 0 Å². The van der Waals surface area contributed by atoms with Crippen LogP contribution in [0.2, 0.25) is 0 Å². The van der Waals surface area contributed by atoms with Gasteiger partial charge in [-0.05, 0) is 22.8 Å². The quantitative estimate of drug-likeness (QED) is 0.701. The molecular weight excluding hydrogens is 218 g/mol. The first-order chi connectivity index (χ1) is 8.43. The zero-order valence-electron chi connectivity index (χ0n) is 9.32. The van der Waals surface area contributed by atoms with Crippen molar-refractivity contribution in [1.29, 1.82) is 0 Å². The van der Waals surface area contributed by atoms with Crippen LogP contribution in [0.25, 0.3) is 5.65 Å². The van der Waals surface area contributed by atoms with E-state index in [1.807, 2.05) is 6.20 Å². The molecule has 2 fully saturated rings. The molecule has 0 aliphatic carbocycles. The number of nitrogens with zero attached hydrogens (tertiary/aromatic N) is 6. The summed E-state index contributed by atoms with van der Waals surface area (Å²) < 4.78 is 1.77. The normalized spacial score (nSPS) is 27.9. The van der Waals surface area contributed by atoms with Crippen LogP contribution in [0.1, 0.15) is 6.42 Å². The first-order valence-corrected chi connectivity index (χ1v) is 5.93. The fourth-order valence-electron chi connectivity index (χ4n) is 2.99. The Morgan fingerprint density at radius 1 is 1.29 bits per heavy atom. The summed E-state index contributed by atoms with van der Waals surface area (Å²) in [5.41, 5.74) is 0.705. The number of tetrazole rings is 1. The highest BCUT2D eigenvalue weighted by Crippen LogP contribution is 2.31.